The molecule has 1 aromatic carbocycles. The minimum Gasteiger partial charge on any atom is -0.396 e. The SMILES string of the molecule is [C-]#[N+]/C(=C\c1c(-c2ccc(C)cc2)c2c(N)ncnc2n1CCCO)c1ccncc1. The molecule has 0 aliphatic carbocycles. The number of nitrogens with two attached hydrogens (primary N) is 1. The monoisotopic (exact) mass is 410 g/mol. The van der Waals surface area contributed by atoms with E-state index in [1.54, 1.807) is 12.4 Å². The molecule has 0 atom stereocenters. The van der Waals surface area contributed by atoms with E-state index in [1.165, 1.54) is 6.33 Å². The van der Waals surface area contributed by atoms with Crippen molar-refractivity contribution >= 4 is 28.6 Å². The Morgan fingerprint density at radius 3 is 2.58 bits per heavy atom. The van der Waals surface area contributed by atoms with Crippen LogP contribution in [-0.4, -0.2) is 31.2 Å². The third-order valence-electron chi connectivity index (χ3n) is 5.16. The van der Waals surface area contributed by atoms with Gasteiger partial charge in [0, 0.05) is 36.8 Å². The maximum absolute atomic E-state index is 9.46. The van der Waals surface area contributed by atoms with Crippen LogP contribution in [0.25, 0.3) is 38.8 Å². The zero-order chi connectivity index (χ0) is 21.8. The molecule has 0 bridgehead atoms. The second-order valence-corrected chi connectivity index (χ2v) is 7.19. The molecule has 0 aliphatic rings. The van der Waals surface area contributed by atoms with Crippen LogP contribution in [-0.2, 0) is 6.54 Å². The molecule has 154 valence electrons. The molecule has 0 radical (unpaired) electrons. The minimum atomic E-state index is 0.0449. The van der Waals surface area contributed by atoms with E-state index in [4.69, 9.17) is 12.3 Å². The van der Waals surface area contributed by atoms with Crippen LogP contribution in [0.1, 0.15) is 23.2 Å². The fourth-order valence-electron chi connectivity index (χ4n) is 3.66. The highest BCUT2D eigenvalue weighted by Crippen LogP contribution is 2.39. The molecule has 3 heterocycles. The molecule has 4 aromatic rings. The standard InChI is InChI=1S/C24H22N6O/c1-16-4-6-18(7-5-16)21-20(14-19(26-2)17-8-10-27-11-9-17)30(12-3-13-31)24-22(21)23(25)28-15-29-24/h4-11,14-15,31H,3,12-13H2,1H3,(H2,25,28,29)/b19-14-. The number of aliphatic hydroxyl groups is 1. The molecule has 0 amide bonds. The van der Waals surface area contributed by atoms with Crippen LogP contribution in [0, 0.1) is 13.5 Å². The van der Waals surface area contributed by atoms with E-state index in [0.717, 1.165) is 33.3 Å². The molecule has 0 saturated heterocycles. The first-order chi connectivity index (χ1) is 15.1. The Morgan fingerprint density at radius 2 is 1.90 bits per heavy atom. The van der Waals surface area contributed by atoms with Gasteiger partial charge in [-0.05, 0) is 42.7 Å². The molecular weight excluding hydrogens is 388 g/mol. The molecule has 3 aromatic heterocycles. The summed E-state index contributed by atoms with van der Waals surface area (Å²) in [6.45, 7) is 10.4. The number of nitrogen functional groups attached to an aromatic ring is 1. The molecular formula is C24H22N6O. The topological polar surface area (TPSA) is 94.2 Å². The average Bonchev–Trinajstić information content (AvgIpc) is 3.11. The van der Waals surface area contributed by atoms with Gasteiger partial charge in [-0.2, -0.15) is 0 Å². The highest BCUT2D eigenvalue weighted by atomic mass is 16.3. The van der Waals surface area contributed by atoms with Crippen molar-refractivity contribution in [1.29, 1.82) is 0 Å². The minimum absolute atomic E-state index is 0.0449. The lowest BCUT2D eigenvalue weighted by Gasteiger charge is -2.10. The van der Waals surface area contributed by atoms with Crippen LogP contribution < -0.4 is 5.73 Å². The Labute approximate surface area is 180 Å². The normalized spacial score (nSPS) is 11.6. The molecule has 3 N–H and O–H groups in total. The highest BCUT2D eigenvalue weighted by Gasteiger charge is 2.21. The lowest BCUT2D eigenvalue weighted by molar-refractivity contribution is 0.280. The number of hydrogen-bond acceptors (Lipinski definition) is 5. The number of pyridine rings is 1. The summed E-state index contributed by atoms with van der Waals surface area (Å²) < 4.78 is 2.01. The van der Waals surface area contributed by atoms with Gasteiger partial charge in [0.25, 0.3) is 0 Å². The van der Waals surface area contributed by atoms with Crippen molar-refractivity contribution in [2.75, 3.05) is 12.3 Å². The van der Waals surface area contributed by atoms with Gasteiger partial charge in [0.05, 0.1) is 12.0 Å². The quantitative estimate of drug-likeness (QED) is 0.465. The maximum Gasteiger partial charge on any atom is 0.196 e. The third kappa shape index (κ3) is 3.89. The van der Waals surface area contributed by atoms with E-state index in [0.29, 0.717) is 30.1 Å². The molecule has 0 unspecified atom stereocenters. The van der Waals surface area contributed by atoms with Gasteiger partial charge in [0.15, 0.2) is 5.70 Å². The largest absolute Gasteiger partial charge is 0.396 e. The lowest BCUT2D eigenvalue weighted by atomic mass is 10.0. The van der Waals surface area contributed by atoms with E-state index in [1.807, 2.05) is 54.0 Å². The van der Waals surface area contributed by atoms with E-state index in [2.05, 4.69) is 19.8 Å². The first-order valence-electron chi connectivity index (χ1n) is 9.94. The summed E-state index contributed by atoms with van der Waals surface area (Å²) >= 11 is 0. The summed E-state index contributed by atoms with van der Waals surface area (Å²) in [6.07, 6.45) is 7.18. The van der Waals surface area contributed by atoms with Crippen LogP contribution in [0.4, 0.5) is 5.82 Å². The molecule has 0 saturated carbocycles. The number of benzene rings is 1. The van der Waals surface area contributed by atoms with Gasteiger partial charge in [0.1, 0.15) is 17.8 Å². The predicted octanol–water partition coefficient (Wildman–Crippen LogP) is 4.18. The Bertz CT molecular complexity index is 1280. The summed E-state index contributed by atoms with van der Waals surface area (Å²) in [6, 6.07) is 11.8. The Hall–Kier alpha value is -4.02. The van der Waals surface area contributed by atoms with Crippen LogP contribution in [0.2, 0.25) is 0 Å². The van der Waals surface area contributed by atoms with Crippen molar-refractivity contribution < 1.29 is 5.11 Å². The predicted molar refractivity (Wildman–Crippen MR) is 123 cm³/mol. The molecule has 0 fully saturated rings. The highest BCUT2D eigenvalue weighted by molar-refractivity contribution is 6.06. The van der Waals surface area contributed by atoms with Gasteiger partial charge in [0.2, 0.25) is 0 Å². The van der Waals surface area contributed by atoms with Crippen LogP contribution in [0.15, 0.2) is 55.1 Å². The Balaban J connectivity index is 2.07. The van der Waals surface area contributed by atoms with Crippen molar-refractivity contribution in [2.45, 2.75) is 19.9 Å². The van der Waals surface area contributed by atoms with Crippen molar-refractivity contribution in [2.24, 2.45) is 0 Å². The fraction of sp³-hybridized carbons (Fsp3) is 0.167. The van der Waals surface area contributed by atoms with Gasteiger partial charge in [-0.25, -0.2) is 14.8 Å². The van der Waals surface area contributed by atoms with E-state index >= 15 is 0 Å². The van der Waals surface area contributed by atoms with Crippen molar-refractivity contribution in [3.05, 3.63) is 83.4 Å². The summed E-state index contributed by atoms with van der Waals surface area (Å²) in [5, 5.41) is 10.2. The number of fused-ring (bicyclic) bond motifs is 1. The van der Waals surface area contributed by atoms with E-state index in [9.17, 15) is 5.11 Å². The Morgan fingerprint density at radius 1 is 1.16 bits per heavy atom. The number of anilines is 1. The van der Waals surface area contributed by atoms with E-state index in [-0.39, 0.29) is 6.61 Å². The number of aliphatic hydroxyl groups excluding tert-OH is 1. The van der Waals surface area contributed by atoms with Crippen LogP contribution >= 0.6 is 0 Å². The zero-order valence-corrected chi connectivity index (χ0v) is 17.2. The van der Waals surface area contributed by atoms with Crippen molar-refractivity contribution in [3.63, 3.8) is 0 Å². The second-order valence-electron chi connectivity index (χ2n) is 7.19. The van der Waals surface area contributed by atoms with Crippen molar-refractivity contribution in [1.82, 2.24) is 19.5 Å². The number of nitrogens with zero attached hydrogens (tertiary/aromatic N) is 5. The van der Waals surface area contributed by atoms with Gasteiger partial charge in [-0.15, -0.1) is 0 Å². The van der Waals surface area contributed by atoms with Gasteiger partial charge < -0.3 is 15.4 Å². The first-order valence-corrected chi connectivity index (χ1v) is 9.94. The summed E-state index contributed by atoms with van der Waals surface area (Å²) in [4.78, 5) is 16.5. The molecule has 7 heteroatoms. The van der Waals surface area contributed by atoms with Crippen molar-refractivity contribution in [3.8, 4) is 11.1 Å². The fourth-order valence-corrected chi connectivity index (χ4v) is 3.66. The molecule has 4 rings (SSSR count). The number of aryl methyl sites for hydroxylation is 2. The lowest BCUT2D eigenvalue weighted by Crippen LogP contribution is -2.04. The van der Waals surface area contributed by atoms with Crippen LogP contribution in [0.3, 0.4) is 0 Å². The molecule has 7 nitrogen and oxygen atoms in total. The summed E-state index contributed by atoms with van der Waals surface area (Å²) in [7, 11) is 0. The second kappa shape index (κ2) is 8.78. The number of hydrogen-bond donors (Lipinski definition) is 2. The number of rotatable bonds is 6. The average molecular weight is 410 g/mol. The number of aromatic nitrogens is 4. The van der Waals surface area contributed by atoms with Gasteiger partial charge >= 0.3 is 0 Å². The van der Waals surface area contributed by atoms with Crippen LogP contribution in [0.5, 0.6) is 0 Å². The third-order valence-corrected chi connectivity index (χ3v) is 5.16. The van der Waals surface area contributed by atoms with Gasteiger partial charge in [-0.3, -0.25) is 4.98 Å². The molecule has 31 heavy (non-hydrogen) atoms. The maximum atomic E-state index is 9.46. The summed E-state index contributed by atoms with van der Waals surface area (Å²) in [5.41, 5.74) is 12.0. The van der Waals surface area contributed by atoms with Gasteiger partial charge in [-0.1, -0.05) is 29.8 Å². The smallest absolute Gasteiger partial charge is 0.196 e. The van der Waals surface area contributed by atoms with E-state index < -0.39 is 0 Å². The first kappa shape index (κ1) is 20.3. The Kier molecular flexibility index (Phi) is 5.74. The molecule has 0 aliphatic heterocycles. The summed E-state index contributed by atoms with van der Waals surface area (Å²) in [5.74, 6) is 0.381. The molecule has 0 spiro atoms. The zero-order valence-electron chi connectivity index (χ0n) is 17.2.